The molecule has 5 nitrogen and oxygen atoms in total. The molecule has 86 valence electrons. The smallest absolute Gasteiger partial charge is 0.224 e. The molecule has 1 aromatic carbocycles. The summed E-state index contributed by atoms with van der Waals surface area (Å²) >= 11 is 0. The van der Waals surface area contributed by atoms with Crippen molar-refractivity contribution in [3.8, 4) is 5.75 Å². The molecular weight excluding hydrogens is 208 g/mol. The Morgan fingerprint density at radius 1 is 1.44 bits per heavy atom. The Morgan fingerprint density at radius 3 is 2.88 bits per heavy atom. The van der Waals surface area contributed by atoms with Gasteiger partial charge in [0, 0.05) is 13.0 Å². The third-order valence-corrected chi connectivity index (χ3v) is 2.78. The molecule has 0 saturated heterocycles. The molecule has 0 bridgehead atoms. The van der Waals surface area contributed by atoms with Crippen LogP contribution in [0, 0.1) is 0 Å². The summed E-state index contributed by atoms with van der Waals surface area (Å²) in [5.74, 6) is -0.0989. The second-order valence-corrected chi connectivity index (χ2v) is 3.83. The minimum Gasteiger partial charge on any atom is -0.506 e. The maximum atomic E-state index is 11.2. The Balaban J connectivity index is 2.50. The van der Waals surface area contributed by atoms with Crippen LogP contribution in [0.2, 0.25) is 0 Å². The lowest BCUT2D eigenvalue weighted by Crippen LogP contribution is -2.22. The van der Waals surface area contributed by atoms with Gasteiger partial charge in [0.1, 0.15) is 5.75 Å². The molecule has 0 spiro atoms. The molecule has 5 heteroatoms. The van der Waals surface area contributed by atoms with Gasteiger partial charge in [0.05, 0.1) is 11.8 Å². The van der Waals surface area contributed by atoms with Gasteiger partial charge in [0.2, 0.25) is 5.91 Å². The number of rotatable bonds is 2. The number of benzene rings is 1. The quantitative estimate of drug-likeness (QED) is 0.540. The molecule has 0 fully saturated rings. The van der Waals surface area contributed by atoms with E-state index in [0.29, 0.717) is 24.1 Å². The van der Waals surface area contributed by atoms with Gasteiger partial charge in [-0.05, 0) is 23.6 Å². The summed E-state index contributed by atoms with van der Waals surface area (Å²) in [6, 6.07) is 3.10. The minimum atomic E-state index is -0.760. The largest absolute Gasteiger partial charge is 0.506 e. The number of fused-ring (bicyclic) bond motifs is 1. The molecule has 1 heterocycles. The summed E-state index contributed by atoms with van der Waals surface area (Å²) < 4.78 is 0. The Labute approximate surface area is 92.9 Å². The summed E-state index contributed by atoms with van der Waals surface area (Å²) in [5.41, 5.74) is 7.26. The molecule has 0 aromatic heterocycles. The third-order valence-electron chi connectivity index (χ3n) is 2.78. The zero-order chi connectivity index (χ0) is 11.7. The summed E-state index contributed by atoms with van der Waals surface area (Å²) in [7, 11) is 0. The van der Waals surface area contributed by atoms with Crippen LogP contribution in [-0.4, -0.2) is 22.7 Å². The van der Waals surface area contributed by atoms with Crippen LogP contribution in [0.3, 0.4) is 0 Å². The van der Waals surface area contributed by atoms with Gasteiger partial charge in [-0.2, -0.15) is 0 Å². The van der Waals surface area contributed by atoms with Crippen molar-refractivity contribution in [2.24, 2.45) is 5.73 Å². The molecule has 2 rings (SSSR count). The molecule has 1 aliphatic heterocycles. The second kappa shape index (κ2) is 4.11. The van der Waals surface area contributed by atoms with Crippen molar-refractivity contribution in [3.63, 3.8) is 0 Å². The predicted octanol–water partition coefficient (Wildman–Crippen LogP) is 0.269. The zero-order valence-corrected chi connectivity index (χ0v) is 8.73. The number of nitrogens with one attached hydrogen (secondary N) is 1. The van der Waals surface area contributed by atoms with Crippen molar-refractivity contribution in [1.82, 2.24) is 0 Å². The monoisotopic (exact) mass is 222 g/mol. The summed E-state index contributed by atoms with van der Waals surface area (Å²) in [6.07, 6.45) is 0.118. The Morgan fingerprint density at radius 2 is 2.19 bits per heavy atom. The first-order valence-electron chi connectivity index (χ1n) is 5.16. The number of aromatic hydroxyl groups is 1. The summed E-state index contributed by atoms with van der Waals surface area (Å²) in [6.45, 7) is 0.116. The van der Waals surface area contributed by atoms with Crippen LogP contribution in [-0.2, 0) is 11.2 Å². The normalized spacial score (nSPS) is 16.5. The number of nitrogens with two attached hydrogens (primary N) is 1. The molecule has 1 amide bonds. The predicted molar refractivity (Wildman–Crippen MR) is 59.1 cm³/mol. The van der Waals surface area contributed by atoms with Crippen LogP contribution in [0.25, 0.3) is 0 Å². The number of anilines is 1. The van der Waals surface area contributed by atoms with E-state index < -0.39 is 6.10 Å². The van der Waals surface area contributed by atoms with Crippen molar-refractivity contribution in [3.05, 3.63) is 23.3 Å². The molecule has 1 atom stereocenters. The van der Waals surface area contributed by atoms with E-state index >= 15 is 0 Å². The third kappa shape index (κ3) is 1.75. The highest BCUT2D eigenvalue weighted by atomic mass is 16.3. The number of amides is 1. The molecule has 1 aromatic rings. The molecule has 0 radical (unpaired) electrons. The highest BCUT2D eigenvalue weighted by Gasteiger charge is 2.23. The van der Waals surface area contributed by atoms with E-state index in [0.717, 1.165) is 5.56 Å². The van der Waals surface area contributed by atoms with Gasteiger partial charge in [0.15, 0.2) is 0 Å². The van der Waals surface area contributed by atoms with Crippen LogP contribution >= 0.6 is 0 Å². The number of phenols is 1. The van der Waals surface area contributed by atoms with Crippen LogP contribution in [0.15, 0.2) is 12.1 Å². The van der Waals surface area contributed by atoms with Crippen LogP contribution in [0.1, 0.15) is 23.7 Å². The Kier molecular flexibility index (Phi) is 2.80. The van der Waals surface area contributed by atoms with Crippen molar-refractivity contribution in [2.75, 3.05) is 11.9 Å². The molecule has 16 heavy (non-hydrogen) atoms. The zero-order valence-electron chi connectivity index (χ0n) is 8.73. The van der Waals surface area contributed by atoms with Gasteiger partial charge < -0.3 is 21.3 Å². The highest BCUT2D eigenvalue weighted by Crippen LogP contribution is 2.36. The van der Waals surface area contributed by atoms with Gasteiger partial charge in [0.25, 0.3) is 0 Å². The van der Waals surface area contributed by atoms with Crippen molar-refractivity contribution in [2.45, 2.75) is 18.9 Å². The highest BCUT2D eigenvalue weighted by molar-refractivity contribution is 5.96. The fraction of sp³-hybridized carbons (Fsp3) is 0.364. The van der Waals surface area contributed by atoms with Gasteiger partial charge in [-0.1, -0.05) is 6.07 Å². The first-order valence-corrected chi connectivity index (χ1v) is 5.16. The van der Waals surface area contributed by atoms with E-state index in [4.69, 9.17) is 5.73 Å². The fourth-order valence-corrected chi connectivity index (χ4v) is 1.94. The van der Waals surface area contributed by atoms with Crippen molar-refractivity contribution >= 4 is 11.6 Å². The standard InChI is InChI=1S/C11H14N2O3/c12-5-9(15)6-1-3-8(14)11-7(6)2-4-10(16)13-11/h1,3,9,14-15H,2,4-5,12H2,(H,13,16)/t9-/m0/s1. The maximum absolute atomic E-state index is 11.2. The average molecular weight is 222 g/mol. The van der Waals surface area contributed by atoms with Crippen LogP contribution in [0.4, 0.5) is 5.69 Å². The molecular formula is C11H14N2O3. The second-order valence-electron chi connectivity index (χ2n) is 3.83. The van der Waals surface area contributed by atoms with E-state index in [1.165, 1.54) is 6.07 Å². The van der Waals surface area contributed by atoms with E-state index in [9.17, 15) is 15.0 Å². The van der Waals surface area contributed by atoms with Gasteiger partial charge in [-0.25, -0.2) is 0 Å². The SMILES string of the molecule is NC[C@H](O)c1ccc(O)c2c1CCC(=O)N2. The maximum Gasteiger partial charge on any atom is 0.224 e. The first kappa shape index (κ1) is 10.9. The number of carbonyl (C=O) groups is 1. The Hall–Kier alpha value is -1.59. The van der Waals surface area contributed by atoms with E-state index in [1.807, 2.05) is 0 Å². The Bertz CT molecular complexity index is 431. The first-order chi connectivity index (χ1) is 7.63. The summed E-state index contributed by atoms with van der Waals surface area (Å²) in [5, 5.41) is 22.0. The van der Waals surface area contributed by atoms with Crippen molar-refractivity contribution < 1.29 is 15.0 Å². The molecule has 0 aliphatic carbocycles. The average Bonchev–Trinajstić information content (AvgIpc) is 2.29. The van der Waals surface area contributed by atoms with E-state index in [1.54, 1.807) is 6.07 Å². The van der Waals surface area contributed by atoms with Crippen LogP contribution in [0.5, 0.6) is 5.75 Å². The lowest BCUT2D eigenvalue weighted by molar-refractivity contribution is -0.116. The fourth-order valence-electron chi connectivity index (χ4n) is 1.94. The number of aliphatic hydroxyl groups excluding tert-OH is 1. The topological polar surface area (TPSA) is 95.6 Å². The lowest BCUT2D eigenvalue weighted by atomic mass is 9.93. The molecule has 5 N–H and O–H groups in total. The van der Waals surface area contributed by atoms with Gasteiger partial charge in [-0.15, -0.1) is 0 Å². The number of aliphatic hydroxyl groups is 1. The van der Waals surface area contributed by atoms with Gasteiger partial charge >= 0.3 is 0 Å². The molecule has 0 saturated carbocycles. The number of hydrogen-bond donors (Lipinski definition) is 4. The van der Waals surface area contributed by atoms with E-state index in [2.05, 4.69) is 5.32 Å². The number of hydrogen-bond acceptors (Lipinski definition) is 4. The van der Waals surface area contributed by atoms with Crippen LogP contribution < -0.4 is 11.1 Å². The number of phenolic OH excluding ortho intramolecular Hbond substituents is 1. The van der Waals surface area contributed by atoms with Crippen molar-refractivity contribution in [1.29, 1.82) is 0 Å². The molecule has 0 unspecified atom stereocenters. The minimum absolute atomic E-state index is 0.0241. The van der Waals surface area contributed by atoms with E-state index in [-0.39, 0.29) is 18.2 Å². The van der Waals surface area contributed by atoms with Gasteiger partial charge in [-0.3, -0.25) is 4.79 Å². The summed E-state index contributed by atoms with van der Waals surface area (Å²) in [4.78, 5) is 11.2. The number of carbonyl (C=O) groups excluding carboxylic acids is 1. The lowest BCUT2D eigenvalue weighted by Gasteiger charge is -2.22. The molecule has 1 aliphatic rings.